The number of rotatable bonds is 7. The fourth-order valence-electron chi connectivity index (χ4n) is 3.58. The third kappa shape index (κ3) is 6.54. The van der Waals surface area contributed by atoms with E-state index in [1.54, 1.807) is 6.08 Å². The van der Waals surface area contributed by atoms with Gasteiger partial charge in [0, 0.05) is 44.4 Å². The van der Waals surface area contributed by atoms with Crippen molar-refractivity contribution in [2.45, 2.75) is 39.3 Å². The van der Waals surface area contributed by atoms with Crippen LogP contribution >= 0.6 is 24.0 Å². The maximum Gasteiger partial charge on any atom is 0.256 e. The second-order valence-electron chi connectivity index (χ2n) is 9.34. The molecule has 3 aromatic heterocycles. The largest absolute Gasteiger partial charge is 0.348 e. The quantitative estimate of drug-likeness (QED) is 0.279. The maximum atomic E-state index is 12.7. The van der Waals surface area contributed by atoms with Crippen molar-refractivity contribution in [3.05, 3.63) is 60.1 Å². The number of fused-ring (bicyclic) bond motifs is 1. The molecule has 11 heteroatoms. The highest BCUT2D eigenvalue weighted by Crippen LogP contribution is 2.25. The van der Waals surface area contributed by atoms with Crippen molar-refractivity contribution in [3.8, 4) is 0 Å². The van der Waals surface area contributed by atoms with Crippen LogP contribution in [-0.4, -0.2) is 55.7 Å². The summed E-state index contributed by atoms with van der Waals surface area (Å²) >= 11 is 0. The summed E-state index contributed by atoms with van der Waals surface area (Å²) in [5.74, 6) is 1.63. The van der Waals surface area contributed by atoms with Gasteiger partial charge in [-0.3, -0.25) is 14.4 Å². The van der Waals surface area contributed by atoms with E-state index in [-0.39, 0.29) is 36.7 Å². The molecule has 0 fully saturated rings. The normalized spacial score (nSPS) is 13.4. The molecule has 0 spiro atoms. The van der Waals surface area contributed by atoms with Crippen LogP contribution in [0.2, 0.25) is 0 Å². The van der Waals surface area contributed by atoms with Crippen LogP contribution in [0, 0.1) is 0 Å². The third-order valence-corrected chi connectivity index (χ3v) is 5.43. The highest BCUT2D eigenvalue weighted by Gasteiger charge is 2.20. The van der Waals surface area contributed by atoms with Crippen LogP contribution in [0.3, 0.4) is 0 Å². The average molecular weight is 592 g/mol. The van der Waals surface area contributed by atoms with Gasteiger partial charge in [0.25, 0.3) is 5.91 Å². The van der Waals surface area contributed by atoms with Gasteiger partial charge in [0.15, 0.2) is 5.82 Å². The number of pyridine rings is 1. The number of likely N-dealkylation sites (N-methyl/N-ethyl adjacent to an activating group) is 1. The Morgan fingerprint density at radius 1 is 1.20 bits per heavy atom. The molecule has 0 bridgehead atoms. The van der Waals surface area contributed by atoms with E-state index in [2.05, 4.69) is 70.3 Å². The predicted molar refractivity (Wildman–Crippen MR) is 150 cm³/mol. The van der Waals surface area contributed by atoms with Crippen molar-refractivity contribution in [1.82, 2.24) is 34.9 Å². The first kappa shape index (κ1) is 26.5. The predicted octanol–water partition coefficient (Wildman–Crippen LogP) is 4.08. The smallest absolute Gasteiger partial charge is 0.256 e. The van der Waals surface area contributed by atoms with Gasteiger partial charge in [0.05, 0.1) is 12.2 Å². The Labute approximate surface area is 224 Å². The van der Waals surface area contributed by atoms with E-state index in [9.17, 15) is 4.79 Å². The lowest BCUT2D eigenvalue weighted by Crippen LogP contribution is -2.30. The van der Waals surface area contributed by atoms with Gasteiger partial charge in [-0.1, -0.05) is 32.9 Å². The molecular formula is C24H34IN9O. The van der Waals surface area contributed by atoms with Gasteiger partial charge in [-0.2, -0.15) is 10.1 Å². The lowest BCUT2D eigenvalue weighted by atomic mass is 9.92. The van der Waals surface area contributed by atoms with E-state index >= 15 is 0 Å². The topological polar surface area (TPSA) is 113 Å². The first-order chi connectivity index (χ1) is 16.2. The second-order valence-corrected chi connectivity index (χ2v) is 9.34. The first-order valence-corrected chi connectivity index (χ1v) is 11.3. The molecule has 4 rings (SSSR count). The standard InChI is InChI=1S/C24H31N9O.HI.H2/c1-6-10-25-22(34)17-14-26-23(29-20-13-16-15-32(5)11-12-33(16)31-20)30-21(17)28-19-9-7-8-18(27-19)24(2,3)4;;/h6-9,13-14H,1,10-12,15H2,2-5H3,(H,25,34)(H2,26,27,28,29,30,31);2*1H. The van der Waals surface area contributed by atoms with Crippen LogP contribution in [0.1, 0.15) is 43.9 Å². The zero-order valence-electron chi connectivity index (χ0n) is 20.5. The maximum absolute atomic E-state index is 12.7. The van der Waals surface area contributed by atoms with Crippen molar-refractivity contribution >= 4 is 53.3 Å². The average Bonchev–Trinajstić information content (AvgIpc) is 3.18. The van der Waals surface area contributed by atoms with Crippen LogP contribution in [0.15, 0.2) is 43.1 Å². The summed E-state index contributed by atoms with van der Waals surface area (Å²) in [4.78, 5) is 28.6. The van der Waals surface area contributed by atoms with Gasteiger partial charge >= 0.3 is 0 Å². The fraction of sp³-hybridized carbons (Fsp3) is 0.375. The summed E-state index contributed by atoms with van der Waals surface area (Å²) in [5.41, 5.74) is 2.24. The van der Waals surface area contributed by atoms with Gasteiger partial charge in [0.1, 0.15) is 17.2 Å². The van der Waals surface area contributed by atoms with E-state index in [0.717, 1.165) is 31.0 Å². The number of halogens is 1. The molecule has 1 aliphatic rings. The minimum atomic E-state index is -0.304. The molecule has 35 heavy (non-hydrogen) atoms. The van der Waals surface area contributed by atoms with Gasteiger partial charge in [-0.05, 0) is 19.2 Å². The number of carbonyl (C=O) groups is 1. The van der Waals surface area contributed by atoms with Crippen molar-refractivity contribution in [2.24, 2.45) is 0 Å². The zero-order chi connectivity index (χ0) is 24.3. The Kier molecular flexibility index (Phi) is 8.43. The summed E-state index contributed by atoms with van der Waals surface area (Å²) in [6.45, 7) is 12.9. The Hall–Kier alpha value is -3.06. The number of hydrogen-bond acceptors (Lipinski definition) is 8. The lowest BCUT2D eigenvalue weighted by molar-refractivity contribution is 0.0958. The van der Waals surface area contributed by atoms with E-state index in [1.807, 2.05) is 28.9 Å². The van der Waals surface area contributed by atoms with Crippen LogP contribution in [-0.2, 0) is 18.5 Å². The number of amides is 1. The van der Waals surface area contributed by atoms with E-state index in [0.29, 0.717) is 35.5 Å². The number of nitrogens with one attached hydrogen (secondary N) is 3. The number of aromatic nitrogens is 5. The van der Waals surface area contributed by atoms with Gasteiger partial charge in [0.2, 0.25) is 5.95 Å². The van der Waals surface area contributed by atoms with Gasteiger partial charge in [-0.15, -0.1) is 30.6 Å². The Morgan fingerprint density at radius 2 is 2.00 bits per heavy atom. The molecule has 4 heterocycles. The monoisotopic (exact) mass is 591 g/mol. The molecule has 0 aromatic carbocycles. The highest BCUT2D eigenvalue weighted by atomic mass is 127. The molecule has 0 aliphatic carbocycles. The molecule has 1 amide bonds. The molecule has 188 valence electrons. The molecular weight excluding hydrogens is 557 g/mol. The summed E-state index contributed by atoms with van der Waals surface area (Å²) < 4.78 is 1.99. The minimum Gasteiger partial charge on any atom is -0.348 e. The SMILES string of the molecule is C=CCNC(=O)c1cnc(Nc2cc3n(n2)CCN(C)C3)nc1Nc1cccc(C(C)(C)C)n1.I.[HH]. The highest BCUT2D eigenvalue weighted by molar-refractivity contribution is 14.0. The van der Waals surface area contributed by atoms with Crippen LogP contribution in [0.25, 0.3) is 0 Å². The number of nitrogens with zero attached hydrogens (tertiary/aromatic N) is 6. The Morgan fingerprint density at radius 3 is 2.74 bits per heavy atom. The minimum absolute atomic E-state index is 0. The lowest BCUT2D eigenvalue weighted by Gasteiger charge is -2.22. The molecule has 0 saturated carbocycles. The fourth-order valence-corrected chi connectivity index (χ4v) is 3.58. The molecule has 0 radical (unpaired) electrons. The van der Waals surface area contributed by atoms with Gasteiger partial charge < -0.3 is 16.0 Å². The van der Waals surface area contributed by atoms with Crippen LogP contribution in [0.4, 0.5) is 23.4 Å². The van der Waals surface area contributed by atoms with Crippen molar-refractivity contribution < 1.29 is 6.22 Å². The summed E-state index contributed by atoms with van der Waals surface area (Å²) in [5, 5.41) is 13.8. The number of anilines is 4. The number of hydrogen-bond donors (Lipinski definition) is 3. The molecule has 0 unspecified atom stereocenters. The Bertz CT molecular complexity index is 1210. The van der Waals surface area contributed by atoms with Crippen molar-refractivity contribution in [1.29, 1.82) is 0 Å². The van der Waals surface area contributed by atoms with Crippen molar-refractivity contribution in [3.63, 3.8) is 0 Å². The second kappa shape index (κ2) is 11.1. The van der Waals surface area contributed by atoms with E-state index in [1.165, 1.54) is 6.20 Å². The zero-order valence-corrected chi connectivity index (χ0v) is 22.8. The van der Waals surface area contributed by atoms with E-state index in [4.69, 9.17) is 4.98 Å². The summed E-state index contributed by atoms with van der Waals surface area (Å²) in [7, 11) is 2.09. The number of carbonyl (C=O) groups excluding carboxylic acids is 1. The molecule has 1 aliphatic heterocycles. The van der Waals surface area contributed by atoms with Crippen LogP contribution in [0.5, 0.6) is 0 Å². The molecule has 0 saturated heterocycles. The molecule has 10 nitrogen and oxygen atoms in total. The molecule has 0 atom stereocenters. The third-order valence-electron chi connectivity index (χ3n) is 5.43. The Balaban J connectivity index is 0.00000228. The summed E-state index contributed by atoms with van der Waals surface area (Å²) in [6, 6.07) is 7.75. The van der Waals surface area contributed by atoms with E-state index < -0.39 is 0 Å². The summed E-state index contributed by atoms with van der Waals surface area (Å²) in [6.07, 6.45) is 3.11. The van der Waals surface area contributed by atoms with Crippen LogP contribution < -0.4 is 16.0 Å². The molecule has 3 aromatic rings. The van der Waals surface area contributed by atoms with Gasteiger partial charge in [-0.25, -0.2) is 9.97 Å². The van der Waals surface area contributed by atoms with Crippen molar-refractivity contribution in [2.75, 3.05) is 30.8 Å². The first-order valence-electron chi connectivity index (χ1n) is 11.3. The molecule has 3 N–H and O–H groups in total.